The van der Waals surface area contributed by atoms with Crippen LogP contribution in [0.1, 0.15) is 127 Å². The summed E-state index contributed by atoms with van der Waals surface area (Å²) in [5.74, 6) is 1.13. The first-order valence-corrected chi connectivity index (χ1v) is 14.5. The van der Waals surface area contributed by atoms with Crippen LogP contribution >= 0.6 is 0 Å². The van der Waals surface area contributed by atoms with Crippen LogP contribution in [0.4, 0.5) is 0 Å². The third kappa shape index (κ3) is 3.63. The van der Waals surface area contributed by atoms with E-state index >= 15 is 0 Å². The smallest absolute Gasteiger partial charge is 0.170 e. The summed E-state index contributed by atoms with van der Waals surface area (Å²) in [5, 5.41) is 11.5. The molecule has 2 fully saturated rings. The Labute approximate surface area is 211 Å². The molecule has 1 N–H and O–H groups in total. The highest BCUT2D eigenvalue weighted by atomic mass is 16.6. The van der Waals surface area contributed by atoms with E-state index in [0.717, 1.165) is 24.7 Å². The maximum atomic E-state index is 11.5. The SMILES string of the molecule is CCOC1(O)CC[C@]2(C)C3=C(CCC2C1(C)C)[C@]1(C)CC[C@H]([C@H](C)CCC=C(C)C)[C@]1(C)CC3. The summed E-state index contributed by atoms with van der Waals surface area (Å²) in [6.07, 6.45) is 14.6. The zero-order valence-corrected chi connectivity index (χ0v) is 23.9. The fourth-order valence-electron chi connectivity index (χ4n) is 9.91. The van der Waals surface area contributed by atoms with E-state index in [2.05, 4.69) is 61.5 Å². The molecule has 4 aliphatic rings. The van der Waals surface area contributed by atoms with Crippen LogP contribution < -0.4 is 0 Å². The van der Waals surface area contributed by atoms with Crippen molar-refractivity contribution in [1.82, 2.24) is 0 Å². The molecule has 2 saturated carbocycles. The van der Waals surface area contributed by atoms with Crippen molar-refractivity contribution in [1.29, 1.82) is 0 Å². The minimum atomic E-state index is -0.990. The van der Waals surface area contributed by atoms with Gasteiger partial charge in [-0.15, -0.1) is 0 Å². The number of fused-ring (bicyclic) bond motifs is 4. The van der Waals surface area contributed by atoms with Gasteiger partial charge in [0, 0.05) is 18.4 Å². The van der Waals surface area contributed by atoms with Crippen molar-refractivity contribution in [2.45, 2.75) is 132 Å². The average molecular weight is 471 g/mol. The summed E-state index contributed by atoms with van der Waals surface area (Å²) in [6.45, 7) is 22.0. The molecule has 2 nitrogen and oxygen atoms in total. The Morgan fingerprint density at radius 1 is 1.00 bits per heavy atom. The average Bonchev–Trinajstić information content (AvgIpc) is 3.03. The molecule has 0 heterocycles. The Morgan fingerprint density at radius 3 is 2.35 bits per heavy atom. The number of aliphatic hydroxyl groups is 1. The van der Waals surface area contributed by atoms with E-state index in [1.54, 1.807) is 5.57 Å². The first kappa shape index (κ1) is 26.5. The molecule has 0 amide bonds. The second-order valence-electron chi connectivity index (χ2n) is 14.1. The first-order chi connectivity index (χ1) is 15.8. The van der Waals surface area contributed by atoms with E-state index in [-0.39, 0.29) is 10.8 Å². The van der Waals surface area contributed by atoms with E-state index in [1.807, 2.05) is 12.5 Å². The largest absolute Gasteiger partial charge is 0.365 e. The van der Waals surface area contributed by atoms with Gasteiger partial charge in [-0.2, -0.15) is 0 Å². The monoisotopic (exact) mass is 470 g/mol. The minimum absolute atomic E-state index is 0.206. The van der Waals surface area contributed by atoms with E-state index in [9.17, 15) is 5.11 Å². The van der Waals surface area contributed by atoms with Gasteiger partial charge in [-0.1, -0.05) is 64.3 Å². The normalized spacial score (nSPS) is 44.2. The van der Waals surface area contributed by atoms with Crippen LogP contribution in [0.25, 0.3) is 0 Å². The van der Waals surface area contributed by atoms with Crippen LogP contribution in [0.2, 0.25) is 0 Å². The molecule has 4 aliphatic carbocycles. The number of allylic oxidation sites excluding steroid dienone is 4. The van der Waals surface area contributed by atoms with Crippen LogP contribution in [0.5, 0.6) is 0 Å². The third-order valence-electron chi connectivity index (χ3n) is 12.2. The number of hydrogen-bond acceptors (Lipinski definition) is 2. The fraction of sp³-hybridized carbons (Fsp3) is 0.875. The molecule has 7 atom stereocenters. The van der Waals surface area contributed by atoms with Crippen molar-refractivity contribution in [3.8, 4) is 0 Å². The Hall–Kier alpha value is -0.600. The van der Waals surface area contributed by atoms with Crippen molar-refractivity contribution >= 4 is 0 Å². The van der Waals surface area contributed by atoms with Crippen LogP contribution in [-0.2, 0) is 4.74 Å². The lowest BCUT2D eigenvalue weighted by Crippen LogP contribution is -2.61. The molecule has 194 valence electrons. The third-order valence-corrected chi connectivity index (χ3v) is 12.2. The van der Waals surface area contributed by atoms with Crippen LogP contribution in [0.3, 0.4) is 0 Å². The number of hydrogen-bond donors (Lipinski definition) is 1. The topological polar surface area (TPSA) is 29.5 Å². The lowest BCUT2D eigenvalue weighted by Gasteiger charge is -2.64. The van der Waals surface area contributed by atoms with E-state index in [1.165, 1.54) is 56.9 Å². The van der Waals surface area contributed by atoms with Gasteiger partial charge < -0.3 is 9.84 Å². The molecule has 2 heteroatoms. The summed E-state index contributed by atoms with van der Waals surface area (Å²) in [7, 11) is 0. The molecule has 0 spiro atoms. The Kier molecular flexibility index (Phi) is 6.82. The van der Waals surface area contributed by atoms with Gasteiger partial charge in [0.15, 0.2) is 5.79 Å². The van der Waals surface area contributed by atoms with Crippen LogP contribution in [0.15, 0.2) is 22.8 Å². The van der Waals surface area contributed by atoms with E-state index in [4.69, 9.17) is 4.74 Å². The predicted octanol–water partition coefficient (Wildman–Crippen LogP) is 8.84. The maximum absolute atomic E-state index is 11.5. The quantitative estimate of drug-likeness (QED) is 0.310. The van der Waals surface area contributed by atoms with Gasteiger partial charge in [0.25, 0.3) is 0 Å². The zero-order chi connectivity index (χ0) is 25.2. The molecule has 4 rings (SSSR count). The van der Waals surface area contributed by atoms with Crippen molar-refractivity contribution in [3.63, 3.8) is 0 Å². The number of ether oxygens (including phenoxy) is 1. The lowest BCUT2D eigenvalue weighted by atomic mass is 9.42. The highest BCUT2D eigenvalue weighted by Gasteiger charge is 2.65. The van der Waals surface area contributed by atoms with Gasteiger partial charge >= 0.3 is 0 Å². The van der Waals surface area contributed by atoms with E-state index in [0.29, 0.717) is 23.4 Å². The van der Waals surface area contributed by atoms with Crippen molar-refractivity contribution in [3.05, 3.63) is 22.8 Å². The summed E-state index contributed by atoms with van der Waals surface area (Å²) >= 11 is 0. The van der Waals surface area contributed by atoms with Gasteiger partial charge in [-0.3, -0.25) is 0 Å². The Morgan fingerprint density at radius 2 is 1.71 bits per heavy atom. The molecule has 0 aromatic carbocycles. The second-order valence-corrected chi connectivity index (χ2v) is 14.1. The molecule has 2 unspecified atom stereocenters. The second kappa shape index (κ2) is 8.76. The van der Waals surface area contributed by atoms with Crippen LogP contribution in [-0.4, -0.2) is 17.5 Å². The lowest BCUT2D eigenvalue weighted by molar-refractivity contribution is -0.309. The zero-order valence-electron chi connectivity index (χ0n) is 23.9. The van der Waals surface area contributed by atoms with Gasteiger partial charge in [-0.25, -0.2) is 0 Å². The summed E-state index contributed by atoms with van der Waals surface area (Å²) in [6, 6.07) is 0. The minimum Gasteiger partial charge on any atom is -0.365 e. The Bertz CT molecular complexity index is 847. The molecule has 0 aromatic rings. The van der Waals surface area contributed by atoms with Crippen LogP contribution in [0, 0.1) is 39.4 Å². The van der Waals surface area contributed by atoms with Gasteiger partial charge in [-0.05, 0) is 113 Å². The molecular weight excluding hydrogens is 416 g/mol. The molecule has 0 saturated heterocycles. The molecule has 0 bridgehead atoms. The highest BCUT2D eigenvalue weighted by molar-refractivity contribution is 5.39. The predicted molar refractivity (Wildman–Crippen MR) is 143 cm³/mol. The summed E-state index contributed by atoms with van der Waals surface area (Å²) in [5.41, 5.74) is 5.85. The van der Waals surface area contributed by atoms with Gasteiger partial charge in [0.05, 0.1) is 0 Å². The molecule has 0 radical (unpaired) electrons. The summed E-state index contributed by atoms with van der Waals surface area (Å²) < 4.78 is 6.04. The van der Waals surface area contributed by atoms with Crippen molar-refractivity contribution in [2.75, 3.05) is 6.61 Å². The highest BCUT2D eigenvalue weighted by Crippen LogP contribution is 2.73. The molecule has 0 aromatic heterocycles. The summed E-state index contributed by atoms with van der Waals surface area (Å²) in [4.78, 5) is 0. The standard InChI is InChI=1S/C32H54O2/c1-10-34-32(33)21-20-29(7)25-17-19-30(8)24(23(4)13-11-12-22(2)3)16-18-31(30,9)26(25)14-15-27(29)28(32,5)6/h12,23-24,27,33H,10-11,13-21H2,1-9H3/t23-,24-,27?,29-,30+,31+,32?/m1/s1. The van der Waals surface area contributed by atoms with Crippen molar-refractivity contribution < 1.29 is 9.84 Å². The van der Waals surface area contributed by atoms with Gasteiger partial charge in [0.2, 0.25) is 0 Å². The van der Waals surface area contributed by atoms with Gasteiger partial charge in [0.1, 0.15) is 0 Å². The Balaban J connectivity index is 1.65. The first-order valence-electron chi connectivity index (χ1n) is 14.5. The number of rotatable bonds is 6. The molecule has 0 aliphatic heterocycles. The van der Waals surface area contributed by atoms with E-state index < -0.39 is 5.79 Å². The molecule has 34 heavy (non-hydrogen) atoms. The van der Waals surface area contributed by atoms with Crippen molar-refractivity contribution in [2.24, 2.45) is 39.4 Å². The fourth-order valence-corrected chi connectivity index (χ4v) is 9.91. The molecular formula is C32H54O2. The maximum Gasteiger partial charge on any atom is 0.170 e.